The fraction of sp³-hybridized carbons (Fsp3) is 0.480. The van der Waals surface area contributed by atoms with E-state index < -0.39 is 0 Å². The number of aryl methyl sites for hydroxylation is 3. The zero-order chi connectivity index (χ0) is 19.8. The van der Waals surface area contributed by atoms with Crippen molar-refractivity contribution in [3.05, 3.63) is 70.1 Å². The number of para-hydroxylation sites is 2. The lowest BCUT2D eigenvalue weighted by atomic mass is 9.74. The zero-order valence-corrected chi connectivity index (χ0v) is 17.4. The number of rotatable bonds is 5. The summed E-state index contributed by atoms with van der Waals surface area (Å²) in [5, 5.41) is 0. The fourth-order valence-electron chi connectivity index (χ4n) is 5.73. The van der Waals surface area contributed by atoms with Gasteiger partial charge >= 0.3 is 5.69 Å². The Hall–Kier alpha value is -2.33. The molecule has 29 heavy (non-hydrogen) atoms. The molecule has 1 spiro atoms. The number of hydrogen-bond donors (Lipinski definition) is 0. The summed E-state index contributed by atoms with van der Waals surface area (Å²) in [5.74, 6) is 0. The highest BCUT2D eigenvalue weighted by molar-refractivity contribution is 5.75. The SMILES string of the molecule is CCn1c(=O)n(CCCN2CCC3(CCc4ccccc43)CC2)c2ccccc21. The molecule has 0 unspecified atom stereocenters. The highest BCUT2D eigenvalue weighted by Crippen LogP contribution is 2.46. The minimum atomic E-state index is 0.133. The van der Waals surface area contributed by atoms with Gasteiger partial charge in [-0.05, 0) is 87.3 Å². The molecule has 0 radical (unpaired) electrons. The average Bonchev–Trinajstić information content (AvgIpc) is 3.25. The van der Waals surface area contributed by atoms with Crippen LogP contribution in [-0.4, -0.2) is 33.7 Å². The Kier molecular flexibility index (Phi) is 4.83. The lowest BCUT2D eigenvalue weighted by Crippen LogP contribution is -2.42. The van der Waals surface area contributed by atoms with Gasteiger partial charge in [-0.3, -0.25) is 9.13 Å². The van der Waals surface area contributed by atoms with Gasteiger partial charge in [0.1, 0.15) is 0 Å². The molecule has 2 aromatic carbocycles. The molecular weight excluding hydrogens is 358 g/mol. The predicted molar refractivity (Wildman–Crippen MR) is 119 cm³/mol. The Balaban J connectivity index is 1.22. The normalized spacial score (nSPS) is 18.5. The van der Waals surface area contributed by atoms with Crippen LogP contribution in [0.25, 0.3) is 11.0 Å². The molecule has 0 N–H and O–H groups in total. The second-order valence-corrected chi connectivity index (χ2v) is 8.80. The molecule has 0 amide bonds. The molecule has 0 atom stereocenters. The topological polar surface area (TPSA) is 30.2 Å². The van der Waals surface area contributed by atoms with Crippen LogP contribution in [0.4, 0.5) is 0 Å². The number of piperidine rings is 1. The smallest absolute Gasteiger partial charge is 0.303 e. The third kappa shape index (κ3) is 3.14. The molecule has 0 bridgehead atoms. The van der Waals surface area contributed by atoms with Crippen molar-refractivity contribution >= 4 is 11.0 Å². The van der Waals surface area contributed by atoms with Crippen LogP contribution >= 0.6 is 0 Å². The first-order chi connectivity index (χ1) is 14.2. The van der Waals surface area contributed by atoms with Crippen LogP contribution in [0, 0.1) is 0 Å². The van der Waals surface area contributed by atoms with Gasteiger partial charge in [-0.25, -0.2) is 4.79 Å². The van der Waals surface area contributed by atoms with E-state index in [1.54, 1.807) is 11.1 Å². The van der Waals surface area contributed by atoms with Crippen LogP contribution in [0.3, 0.4) is 0 Å². The first-order valence-corrected chi connectivity index (χ1v) is 11.2. The second-order valence-electron chi connectivity index (χ2n) is 8.80. The van der Waals surface area contributed by atoms with Crippen LogP contribution in [0.15, 0.2) is 53.3 Å². The average molecular weight is 390 g/mol. The summed E-state index contributed by atoms with van der Waals surface area (Å²) in [6.07, 6.45) is 6.16. The van der Waals surface area contributed by atoms with Gasteiger partial charge in [0.2, 0.25) is 0 Å². The van der Waals surface area contributed by atoms with Gasteiger partial charge in [0.15, 0.2) is 0 Å². The molecule has 4 heteroatoms. The highest BCUT2D eigenvalue weighted by atomic mass is 16.1. The lowest BCUT2D eigenvalue weighted by Gasteiger charge is -2.40. The van der Waals surface area contributed by atoms with Crippen molar-refractivity contribution in [1.29, 1.82) is 0 Å². The van der Waals surface area contributed by atoms with Crippen molar-refractivity contribution in [3.63, 3.8) is 0 Å². The van der Waals surface area contributed by atoms with E-state index in [-0.39, 0.29) is 5.69 Å². The van der Waals surface area contributed by atoms with E-state index in [4.69, 9.17) is 0 Å². The molecule has 1 fully saturated rings. The maximum absolute atomic E-state index is 12.8. The first-order valence-electron chi connectivity index (χ1n) is 11.2. The molecule has 0 saturated carbocycles. The highest BCUT2D eigenvalue weighted by Gasteiger charge is 2.40. The monoisotopic (exact) mass is 389 g/mol. The summed E-state index contributed by atoms with van der Waals surface area (Å²) in [7, 11) is 0. The van der Waals surface area contributed by atoms with Gasteiger partial charge in [-0.2, -0.15) is 0 Å². The second kappa shape index (κ2) is 7.49. The Morgan fingerprint density at radius 2 is 1.55 bits per heavy atom. The fourth-order valence-corrected chi connectivity index (χ4v) is 5.73. The Morgan fingerprint density at radius 3 is 2.31 bits per heavy atom. The largest absolute Gasteiger partial charge is 0.329 e. The zero-order valence-electron chi connectivity index (χ0n) is 17.4. The van der Waals surface area contributed by atoms with Crippen LogP contribution in [0.5, 0.6) is 0 Å². The van der Waals surface area contributed by atoms with Gasteiger partial charge in [-0.1, -0.05) is 36.4 Å². The number of imidazole rings is 1. The van der Waals surface area contributed by atoms with E-state index in [1.807, 2.05) is 28.2 Å². The summed E-state index contributed by atoms with van der Waals surface area (Å²) in [6.45, 7) is 7.01. The molecule has 1 aromatic heterocycles. The Morgan fingerprint density at radius 1 is 0.862 bits per heavy atom. The van der Waals surface area contributed by atoms with Gasteiger partial charge < -0.3 is 4.90 Å². The maximum Gasteiger partial charge on any atom is 0.329 e. The molecule has 1 saturated heterocycles. The van der Waals surface area contributed by atoms with E-state index in [0.717, 1.165) is 37.1 Å². The minimum Gasteiger partial charge on any atom is -0.303 e. The number of nitrogens with zero attached hydrogens (tertiary/aromatic N) is 3. The summed E-state index contributed by atoms with van der Waals surface area (Å²) in [6, 6.07) is 17.3. The molecule has 5 rings (SSSR count). The molecule has 3 aromatic rings. The van der Waals surface area contributed by atoms with E-state index in [2.05, 4.69) is 41.3 Å². The summed E-state index contributed by atoms with van der Waals surface area (Å²) >= 11 is 0. The maximum atomic E-state index is 12.8. The van der Waals surface area contributed by atoms with Crippen LogP contribution in [0.2, 0.25) is 0 Å². The van der Waals surface area contributed by atoms with Crippen LogP contribution in [0.1, 0.15) is 43.7 Å². The van der Waals surface area contributed by atoms with Gasteiger partial charge in [0, 0.05) is 13.1 Å². The van der Waals surface area contributed by atoms with Crippen molar-refractivity contribution in [3.8, 4) is 0 Å². The third-order valence-electron chi connectivity index (χ3n) is 7.37. The third-order valence-corrected chi connectivity index (χ3v) is 7.37. The summed E-state index contributed by atoms with van der Waals surface area (Å²) < 4.78 is 3.86. The van der Waals surface area contributed by atoms with Crippen molar-refractivity contribution in [2.75, 3.05) is 19.6 Å². The molecular formula is C25H31N3O. The van der Waals surface area contributed by atoms with Crippen LogP contribution in [-0.2, 0) is 24.9 Å². The van der Waals surface area contributed by atoms with E-state index >= 15 is 0 Å². The predicted octanol–water partition coefficient (Wildman–Crippen LogP) is 4.19. The molecule has 152 valence electrons. The van der Waals surface area contributed by atoms with Crippen molar-refractivity contribution in [2.24, 2.45) is 0 Å². The first kappa shape index (κ1) is 18.7. The minimum absolute atomic E-state index is 0.133. The molecule has 2 aliphatic rings. The van der Waals surface area contributed by atoms with Crippen molar-refractivity contribution < 1.29 is 0 Å². The lowest BCUT2D eigenvalue weighted by molar-refractivity contribution is 0.155. The summed E-state index contributed by atoms with van der Waals surface area (Å²) in [5.41, 5.74) is 5.89. The van der Waals surface area contributed by atoms with Gasteiger partial charge in [0.05, 0.1) is 11.0 Å². The number of benzene rings is 2. The van der Waals surface area contributed by atoms with Crippen molar-refractivity contribution in [1.82, 2.24) is 14.0 Å². The van der Waals surface area contributed by atoms with Gasteiger partial charge in [0.25, 0.3) is 0 Å². The number of fused-ring (bicyclic) bond motifs is 3. The Labute approximate surface area is 172 Å². The number of likely N-dealkylation sites (tertiary alicyclic amines) is 1. The van der Waals surface area contributed by atoms with E-state index in [0.29, 0.717) is 5.41 Å². The standard InChI is InChI=1S/C25H31N3O/c1-2-27-22-10-5-6-11-23(22)28(24(27)29)17-7-16-26-18-14-25(15-19-26)13-12-20-8-3-4-9-21(20)25/h3-6,8-11H,2,7,12-19H2,1H3. The van der Waals surface area contributed by atoms with Crippen molar-refractivity contribution in [2.45, 2.75) is 57.5 Å². The van der Waals surface area contributed by atoms with E-state index in [9.17, 15) is 4.79 Å². The Bertz CT molecular complexity index is 1070. The van der Waals surface area contributed by atoms with Gasteiger partial charge in [-0.15, -0.1) is 0 Å². The number of aromatic nitrogens is 2. The molecule has 2 heterocycles. The quantitative estimate of drug-likeness (QED) is 0.655. The molecule has 4 nitrogen and oxygen atoms in total. The molecule has 1 aliphatic carbocycles. The molecule has 1 aliphatic heterocycles. The number of hydrogen-bond acceptors (Lipinski definition) is 2. The summed E-state index contributed by atoms with van der Waals surface area (Å²) in [4.78, 5) is 15.4. The van der Waals surface area contributed by atoms with E-state index in [1.165, 1.54) is 38.8 Å². The van der Waals surface area contributed by atoms with Crippen LogP contribution < -0.4 is 5.69 Å².